The Morgan fingerprint density at radius 2 is 2.05 bits per heavy atom. The number of thioether (sulfide) groups is 1. The summed E-state index contributed by atoms with van der Waals surface area (Å²) in [5, 5.41) is 5.18. The maximum absolute atomic E-state index is 12.2. The second-order valence-corrected chi connectivity index (χ2v) is 9.04. The van der Waals surface area contributed by atoms with Crippen LogP contribution in [0.1, 0.15) is 26.3 Å². The molecule has 116 valence electrons. The molecule has 20 heavy (non-hydrogen) atoms. The van der Waals surface area contributed by atoms with Crippen LogP contribution >= 0.6 is 23.1 Å². The first-order valence-electron chi connectivity index (χ1n) is 6.64. The summed E-state index contributed by atoms with van der Waals surface area (Å²) in [5.74, 6) is 1.29. The van der Waals surface area contributed by atoms with Gasteiger partial charge in [0.15, 0.2) is 0 Å². The van der Waals surface area contributed by atoms with Gasteiger partial charge in [-0.25, -0.2) is 13.1 Å². The summed E-state index contributed by atoms with van der Waals surface area (Å²) in [6.07, 6.45) is 2.03. The van der Waals surface area contributed by atoms with Crippen molar-refractivity contribution in [1.29, 1.82) is 0 Å². The van der Waals surface area contributed by atoms with E-state index in [0.29, 0.717) is 29.3 Å². The van der Waals surface area contributed by atoms with Gasteiger partial charge in [0.1, 0.15) is 4.21 Å². The summed E-state index contributed by atoms with van der Waals surface area (Å²) in [6, 6.07) is 2.14. The van der Waals surface area contributed by atoms with Crippen molar-refractivity contribution < 1.29 is 8.42 Å². The standard InChI is InChI=1S/C13H24N2O2S3/c1-10(2)14-7-12-5-13(19-9-12)20(16,17)15-6-11(3)8-18-4/h5,9-11,14-15H,6-8H2,1-4H3. The first kappa shape index (κ1) is 18.0. The third-order valence-electron chi connectivity index (χ3n) is 2.68. The molecule has 1 atom stereocenters. The predicted octanol–water partition coefficient (Wildman–Crippen LogP) is 2.52. The minimum Gasteiger partial charge on any atom is -0.310 e. The summed E-state index contributed by atoms with van der Waals surface area (Å²) in [5.41, 5.74) is 1.02. The first-order chi connectivity index (χ1) is 9.35. The fraction of sp³-hybridized carbons (Fsp3) is 0.692. The van der Waals surface area contributed by atoms with Crippen molar-refractivity contribution in [1.82, 2.24) is 10.0 Å². The molecule has 0 fully saturated rings. The number of hydrogen-bond acceptors (Lipinski definition) is 5. The average molecular weight is 337 g/mol. The Labute approximate surface area is 130 Å². The molecule has 2 N–H and O–H groups in total. The van der Waals surface area contributed by atoms with Crippen molar-refractivity contribution in [2.45, 2.75) is 37.6 Å². The van der Waals surface area contributed by atoms with Gasteiger partial charge in [-0.15, -0.1) is 11.3 Å². The van der Waals surface area contributed by atoms with Crippen LogP contribution in [0.2, 0.25) is 0 Å². The minimum atomic E-state index is -3.36. The topological polar surface area (TPSA) is 58.2 Å². The number of thiophene rings is 1. The zero-order valence-electron chi connectivity index (χ0n) is 12.5. The smallest absolute Gasteiger partial charge is 0.250 e. The molecule has 0 aliphatic rings. The number of rotatable bonds is 9. The molecule has 0 spiro atoms. The summed E-state index contributed by atoms with van der Waals surface area (Å²) in [6.45, 7) is 7.37. The van der Waals surface area contributed by atoms with Gasteiger partial charge in [0.25, 0.3) is 0 Å². The van der Waals surface area contributed by atoms with Gasteiger partial charge in [-0.2, -0.15) is 11.8 Å². The van der Waals surface area contributed by atoms with Crippen molar-refractivity contribution in [2.75, 3.05) is 18.6 Å². The molecule has 4 nitrogen and oxygen atoms in total. The highest BCUT2D eigenvalue weighted by atomic mass is 32.2. The van der Waals surface area contributed by atoms with Crippen molar-refractivity contribution in [2.24, 2.45) is 5.92 Å². The zero-order chi connectivity index (χ0) is 15.2. The van der Waals surface area contributed by atoms with Crippen molar-refractivity contribution >= 4 is 33.1 Å². The largest absolute Gasteiger partial charge is 0.310 e. The Balaban J connectivity index is 2.59. The molecule has 0 amide bonds. The van der Waals surface area contributed by atoms with Gasteiger partial charge in [-0.1, -0.05) is 20.8 Å². The van der Waals surface area contributed by atoms with Gasteiger partial charge < -0.3 is 5.32 Å². The molecule has 0 aromatic carbocycles. The fourth-order valence-corrected chi connectivity index (χ4v) is 4.68. The van der Waals surface area contributed by atoms with Gasteiger partial charge in [-0.3, -0.25) is 0 Å². The lowest BCUT2D eigenvalue weighted by Gasteiger charge is -2.10. The zero-order valence-corrected chi connectivity index (χ0v) is 14.9. The highest BCUT2D eigenvalue weighted by Gasteiger charge is 2.17. The van der Waals surface area contributed by atoms with E-state index in [0.717, 1.165) is 11.3 Å². The normalized spacial score (nSPS) is 13.8. The van der Waals surface area contributed by atoms with E-state index in [9.17, 15) is 8.42 Å². The molecule has 1 aromatic heterocycles. The molecule has 0 bridgehead atoms. The highest BCUT2D eigenvalue weighted by molar-refractivity contribution is 7.98. The Hall–Kier alpha value is -0.0800. The maximum Gasteiger partial charge on any atom is 0.250 e. The average Bonchev–Trinajstić information content (AvgIpc) is 2.84. The molecule has 1 rings (SSSR count). The molecule has 1 unspecified atom stereocenters. The third-order valence-corrected chi connectivity index (χ3v) is 6.50. The van der Waals surface area contributed by atoms with Crippen LogP contribution in [0.15, 0.2) is 15.7 Å². The molecule has 1 aromatic rings. The van der Waals surface area contributed by atoms with Gasteiger partial charge in [0.2, 0.25) is 10.0 Å². The van der Waals surface area contributed by atoms with E-state index in [2.05, 4.69) is 23.9 Å². The number of nitrogens with one attached hydrogen (secondary N) is 2. The summed E-state index contributed by atoms with van der Waals surface area (Å²) in [7, 11) is -3.36. The Morgan fingerprint density at radius 3 is 2.65 bits per heavy atom. The Kier molecular flexibility index (Phi) is 7.53. The van der Waals surface area contributed by atoms with E-state index in [-0.39, 0.29) is 0 Å². The third kappa shape index (κ3) is 6.13. The van der Waals surface area contributed by atoms with Crippen LogP contribution in [0.25, 0.3) is 0 Å². The monoisotopic (exact) mass is 336 g/mol. The number of hydrogen-bond donors (Lipinski definition) is 2. The first-order valence-corrected chi connectivity index (χ1v) is 10.4. The van der Waals surface area contributed by atoms with Crippen LogP contribution < -0.4 is 10.0 Å². The van der Waals surface area contributed by atoms with E-state index >= 15 is 0 Å². The summed E-state index contributed by atoms with van der Waals surface area (Å²) in [4.78, 5) is 0. The lowest BCUT2D eigenvalue weighted by atomic mass is 10.2. The van der Waals surface area contributed by atoms with Crippen LogP contribution in [0.4, 0.5) is 0 Å². The molecule has 0 aliphatic heterocycles. The Bertz CT molecular complexity index is 497. The van der Waals surface area contributed by atoms with Gasteiger partial charge in [-0.05, 0) is 34.9 Å². The van der Waals surface area contributed by atoms with Crippen molar-refractivity contribution in [3.05, 3.63) is 17.0 Å². The van der Waals surface area contributed by atoms with Gasteiger partial charge >= 0.3 is 0 Å². The molecule has 0 saturated carbocycles. The molecule has 0 aliphatic carbocycles. The maximum atomic E-state index is 12.2. The van der Waals surface area contributed by atoms with Crippen LogP contribution in [0.3, 0.4) is 0 Å². The SMILES string of the molecule is CSCC(C)CNS(=O)(=O)c1cc(CNC(C)C)cs1. The molecule has 0 radical (unpaired) electrons. The van der Waals surface area contributed by atoms with Crippen molar-refractivity contribution in [3.63, 3.8) is 0 Å². The quantitative estimate of drug-likeness (QED) is 0.727. The van der Waals surface area contributed by atoms with E-state index in [1.54, 1.807) is 17.8 Å². The van der Waals surface area contributed by atoms with Gasteiger partial charge in [0, 0.05) is 19.1 Å². The van der Waals surface area contributed by atoms with E-state index in [1.165, 1.54) is 11.3 Å². The Morgan fingerprint density at radius 1 is 1.35 bits per heavy atom. The van der Waals surface area contributed by atoms with E-state index < -0.39 is 10.0 Å². The van der Waals surface area contributed by atoms with Crippen LogP contribution in [0, 0.1) is 5.92 Å². The van der Waals surface area contributed by atoms with Crippen LogP contribution in [0.5, 0.6) is 0 Å². The summed E-state index contributed by atoms with van der Waals surface area (Å²) < 4.78 is 27.4. The second-order valence-electron chi connectivity index (χ2n) is 5.22. The fourth-order valence-electron chi connectivity index (χ4n) is 1.58. The van der Waals surface area contributed by atoms with Crippen molar-refractivity contribution in [3.8, 4) is 0 Å². The molecular formula is C13H24N2O2S3. The molecular weight excluding hydrogens is 312 g/mol. The number of sulfonamides is 1. The second kappa shape index (κ2) is 8.38. The summed E-state index contributed by atoms with van der Waals surface area (Å²) >= 11 is 3.01. The van der Waals surface area contributed by atoms with E-state index in [4.69, 9.17) is 0 Å². The highest BCUT2D eigenvalue weighted by Crippen LogP contribution is 2.20. The van der Waals surface area contributed by atoms with E-state index in [1.807, 2.05) is 18.6 Å². The van der Waals surface area contributed by atoms with Crippen LogP contribution in [-0.2, 0) is 16.6 Å². The predicted molar refractivity (Wildman–Crippen MR) is 89.0 cm³/mol. The van der Waals surface area contributed by atoms with Gasteiger partial charge in [0.05, 0.1) is 0 Å². The molecule has 1 heterocycles. The lowest BCUT2D eigenvalue weighted by molar-refractivity contribution is 0.564. The minimum absolute atomic E-state index is 0.335. The molecule has 0 saturated heterocycles. The van der Waals surface area contributed by atoms with Crippen LogP contribution in [-0.4, -0.2) is 33.0 Å². The lowest BCUT2D eigenvalue weighted by Crippen LogP contribution is -2.28. The molecule has 7 heteroatoms.